The van der Waals surface area contributed by atoms with Gasteiger partial charge >= 0.3 is 11.6 Å². The highest BCUT2D eigenvalue weighted by atomic mass is 17.3. The fraction of sp³-hybridized carbons (Fsp3) is 0.889. The molecule has 0 saturated heterocycles. The normalized spacial score (nSPS) is 25.1. The van der Waals surface area contributed by atoms with E-state index in [9.17, 15) is 0 Å². The Hall–Kier alpha value is -0.690. The van der Waals surface area contributed by atoms with Crippen molar-refractivity contribution in [1.82, 2.24) is 0 Å². The van der Waals surface area contributed by atoms with E-state index < -0.39 is 5.79 Å². The molecule has 0 unspecified atom stereocenters. The molecule has 1 atom stereocenters. The summed E-state index contributed by atoms with van der Waals surface area (Å²) in [6.07, 6.45) is 2.28. The van der Waals surface area contributed by atoms with E-state index in [4.69, 9.17) is 24.9 Å². The molecule has 0 amide bonds. The van der Waals surface area contributed by atoms with Crippen molar-refractivity contribution in [3.63, 3.8) is 0 Å². The predicted molar refractivity (Wildman–Crippen MR) is 49.8 cm³/mol. The van der Waals surface area contributed by atoms with Crippen molar-refractivity contribution in [2.24, 2.45) is 0 Å². The van der Waals surface area contributed by atoms with Crippen LogP contribution in [0.2, 0.25) is 0 Å². The van der Waals surface area contributed by atoms with Gasteiger partial charge in [-0.2, -0.15) is 4.89 Å². The van der Waals surface area contributed by atoms with Gasteiger partial charge < -0.3 is 10.2 Å². The van der Waals surface area contributed by atoms with Gasteiger partial charge in [0.25, 0.3) is 0 Å². The number of carbonyl (C=O) groups excluding carboxylic acids is 1. The first kappa shape index (κ1) is 12.4. The van der Waals surface area contributed by atoms with Crippen molar-refractivity contribution in [2.75, 3.05) is 13.2 Å². The number of aliphatic hydroxyl groups is 2. The van der Waals surface area contributed by atoms with Crippen LogP contribution in [0.1, 0.15) is 32.1 Å². The fourth-order valence-corrected chi connectivity index (χ4v) is 1.47. The van der Waals surface area contributed by atoms with Crippen LogP contribution < -0.4 is 0 Å². The lowest BCUT2D eigenvalue weighted by Gasteiger charge is -2.14. The molecule has 1 heterocycles. The van der Waals surface area contributed by atoms with Crippen LogP contribution in [-0.4, -0.2) is 40.3 Å². The van der Waals surface area contributed by atoms with Crippen LogP contribution in [0, 0.1) is 0 Å². The van der Waals surface area contributed by atoms with E-state index in [1.165, 1.54) is 0 Å². The van der Waals surface area contributed by atoms with E-state index >= 15 is 0 Å². The molecule has 0 radical (unpaired) electrons. The summed E-state index contributed by atoms with van der Waals surface area (Å²) in [5, 5.41) is 26.0. The summed E-state index contributed by atoms with van der Waals surface area (Å²) in [5.74, 6) is -0.552. The summed E-state index contributed by atoms with van der Waals surface area (Å²) in [4.78, 5) is 9.17. The van der Waals surface area contributed by atoms with E-state index in [1.807, 2.05) is 0 Å². The predicted octanol–water partition coefficient (Wildman–Crippen LogP) is 0.157. The third-order valence-corrected chi connectivity index (χ3v) is 2.27. The van der Waals surface area contributed by atoms with Crippen LogP contribution in [0.15, 0.2) is 0 Å². The van der Waals surface area contributed by atoms with Gasteiger partial charge in [0.1, 0.15) is 6.42 Å². The molecule has 0 aliphatic carbocycles. The summed E-state index contributed by atoms with van der Waals surface area (Å²) < 4.78 is 4.90. The lowest BCUT2D eigenvalue weighted by atomic mass is 10.0. The molecule has 88 valence electrons. The maximum Gasteiger partial charge on any atom is 0.392 e. The van der Waals surface area contributed by atoms with Crippen molar-refractivity contribution >= 4 is 5.78 Å². The molecule has 15 heavy (non-hydrogen) atoms. The molecule has 1 rings (SSSR count). The minimum Gasteiger partial charge on any atom is -0.396 e. The van der Waals surface area contributed by atoms with E-state index in [1.54, 1.807) is 0 Å². The molecule has 3 N–H and O–H groups in total. The number of rotatable bonds is 7. The highest BCUT2D eigenvalue weighted by Gasteiger charge is 2.51. The minimum absolute atomic E-state index is 0.000440. The van der Waals surface area contributed by atoms with Gasteiger partial charge in [-0.05, 0) is 12.8 Å². The van der Waals surface area contributed by atoms with Crippen molar-refractivity contribution in [3.05, 3.63) is 0 Å². The van der Waals surface area contributed by atoms with Crippen LogP contribution in [0.3, 0.4) is 0 Å². The molecule has 0 aromatic carbocycles. The van der Waals surface area contributed by atoms with E-state index in [2.05, 4.69) is 4.89 Å². The largest absolute Gasteiger partial charge is 0.396 e. The Kier molecular flexibility index (Phi) is 4.97. The summed E-state index contributed by atoms with van der Waals surface area (Å²) in [6, 6.07) is 0. The van der Waals surface area contributed by atoms with Gasteiger partial charge in [0.15, 0.2) is 0 Å². The topological polar surface area (TPSA) is 90.5 Å². The Balaban J connectivity index is 2.39. The van der Waals surface area contributed by atoms with Crippen molar-refractivity contribution in [3.8, 4) is 0 Å². The Morgan fingerprint density at radius 1 is 1.33 bits per heavy atom. The Bertz CT molecular complexity index is 217. The molecule has 0 aromatic rings. The van der Waals surface area contributed by atoms with Crippen molar-refractivity contribution in [2.45, 2.75) is 37.9 Å². The monoisotopic (exact) mass is 221 g/mol. The summed E-state index contributed by atoms with van der Waals surface area (Å²) >= 11 is 0. The second kappa shape index (κ2) is 6.02. The standard InChI is InChI=1S/C9H16O6/c10-5-1-3-8-7-9(14-12,15-13-8)4-2-6-11/h10-11H,1-7H2/p+1/t9-/m1/s1. The second-order valence-electron chi connectivity index (χ2n) is 3.54. The molecule has 6 heteroatoms. The van der Waals surface area contributed by atoms with Gasteiger partial charge in [0.2, 0.25) is 0 Å². The smallest absolute Gasteiger partial charge is 0.392 e. The van der Waals surface area contributed by atoms with Crippen LogP contribution in [0.4, 0.5) is 0 Å². The highest BCUT2D eigenvalue weighted by molar-refractivity contribution is 5.80. The third kappa shape index (κ3) is 3.42. The molecule has 0 aromatic heterocycles. The maximum absolute atomic E-state index is 8.74. The first-order chi connectivity index (χ1) is 7.26. The lowest BCUT2D eigenvalue weighted by molar-refractivity contribution is -0.788. The fourth-order valence-electron chi connectivity index (χ4n) is 1.47. The first-order valence-electron chi connectivity index (χ1n) is 5.01. The summed E-state index contributed by atoms with van der Waals surface area (Å²) in [7, 11) is 0. The van der Waals surface area contributed by atoms with Crippen LogP contribution >= 0.6 is 0 Å². The summed E-state index contributed by atoms with van der Waals surface area (Å²) in [6.45, 7) is 0.0803. The molecule has 1 aliphatic heterocycles. The van der Waals surface area contributed by atoms with Gasteiger partial charge in [0.05, 0.1) is 6.42 Å². The molecule has 0 saturated carbocycles. The van der Waals surface area contributed by atoms with E-state index in [-0.39, 0.29) is 13.2 Å². The van der Waals surface area contributed by atoms with Gasteiger partial charge in [-0.1, -0.05) is 4.89 Å². The summed E-state index contributed by atoms with van der Waals surface area (Å²) in [5.41, 5.74) is 0. The molecule has 1 aliphatic rings. The highest BCUT2D eigenvalue weighted by Crippen LogP contribution is 2.28. The van der Waals surface area contributed by atoms with Gasteiger partial charge in [-0.3, -0.25) is 0 Å². The van der Waals surface area contributed by atoms with Crippen LogP contribution in [0.25, 0.3) is 0 Å². The Morgan fingerprint density at radius 2 is 2.07 bits per heavy atom. The SMILES string of the molecule is OCCCC1=[O+]O[C@@](CCCO)(OO)C1. The average molecular weight is 221 g/mol. The molecule has 0 bridgehead atoms. The number of ketones is 1. The quantitative estimate of drug-likeness (QED) is 0.323. The number of hydrogen-bond donors (Lipinski definition) is 3. The van der Waals surface area contributed by atoms with Crippen LogP contribution in [-0.2, 0) is 14.4 Å². The first-order valence-corrected chi connectivity index (χ1v) is 5.01. The maximum atomic E-state index is 8.74. The van der Waals surface area contributed by atoms with Crippen LogP contribution in [0.5, 0.6) is 0 Å². The number of aliphatic hydroxyl groups excluding tert-OH is 2. The van der Waals surface area contributed by atoms with Gasteiger partial charge in [0, 0.05) is 24.2 Å². The third-order valence-electron chi connectivity index (χ3n) is 2.27. The molecule has 6 nitrogen and oxygen atoms in total. The molecular weight excluding hydrogens is 204 g/mol. The van der Waals surface area contributed by atoms with Gasteiger partial charge in [-0.15, -0.1) is 0 Å². The average Bonchev–Trinajstić information content (AvgIpc) is 2.68. The van der Waals surface area contributed by atoms with Crippen molar-refractivity contribution in [1.29, 1.82) is 0 Å². The lowest BCUT2D eigenvalue weighted by Crippen LogP contribution is -2.32. The molecule has 0 spiro atoms. The second-order valence-corrected chi connectivity index (χ2v) is 3.54. The van der Waals surface area contributed by atoms with E-state index in [0.717, 1.165) is 0 Å². The Labute approximate surface area is 87.6 Å². The van der Waals surface area contributed by atoms with Gasteiger partial charge in [-0.25, -0.2) is 5.26 Å². The molecule has 0 fully saturated rings. The zero-order chi connectivity index (χ0) is 11.1. The van der Waals surface area contributed by atoms with Crippen molar-refractivity contribution < 1.29 is 29.8 Å². The Morgan fingerprint density at radius 3 is 2.67 bits per heavy atom. The molecular formula is C9H17O6+. The zero-order valence-electron chi connectivity index (χ0n) is 8.52. The van der Waals surface area contributed by atoms with E-state index in [0.29, 0.717) is 37.9 Å². The number of hydrogen-bond acceptors (Lipinski definition) is 5. The zero-order valence-corrected chi connectivity index (χ0v) is 8.52. The minimum atomic E-state index is -1.19.